The van der Waals surface area contributed by atoms with Crippen LogP contribution in [0.25, 0.3) is 11.1 Å². The molecule has 16 heavy (non-hydrogen) atoms. The van der Waals surface area contributed by atoms with Crippen molar-refractivity contribution in [1.82, 2.24) is 9.97 Å². The Kier molecular flexibility index (Phi) is 2.88. The van der Waals surface area contributed by atoms with Gasteiger partial charge in [0, 0.05) is 29.7 Å². The molecule has 0 unspecified atom stereocenters. The highest BCUT2D eigenvalue weighted by Crippen LogP contribution is 2.19. The summed E-state index contributed by atoms with van der Waals surface area (Å²) in [5.74, 6) is -0.456. The second kappa shape index (κ2) is 4.49. The van der Waals surface area contributed by atoms with E-state index < -0.39 is 5.82 Å². The van der Waals surface area contributed by atoms with Crippen LogP contribution in [0.4, 0.5) is 4.39 Å². The van der Waals surface area contributed by atoms with Crippen molar-refractivity contribution in [3.63, 3.8) is 0 Å². The van der Waals surface area contributed by atoms with Crippen LogP contribution in [-0.4, -0.2) is 9.97 Å². The molecule has 78 valence electrons. The standard InChI is InChI=1S/C12H8FN3/c13-11-6-10(8-16-12(11)3-4-14)9-2-1-5-15-7-9/h1-2,5-8H,3H2. The molecule has 0 aromatic carbocycles. The van der Waals surface area contributed by atoms with Crippen LogP contribution >= 0.6 is 0 Å². The SMILES string of the molecule is N#CCc1ncc(-c2cccnc2)cc1F. The average molecular weight is 213 g/mol. The molecule has 0 spiro atoms. The maximum Gasteiger partial charge on any atom is 0.146 e. The second-order valence-electron chi connectivity index (χ2n) is 3.23. The maximum atomic E-state index is 13.5. The third-order valence-corrected chi connectivity index (χ3v) is 2.16. The molecule has 0 atom stereocenters. The molecular weight excluding hydrogens is 205 g/mol. The van der Waals surface area contributed by atoms with Crippen LogP contribution in [0.1, 0.15) is 5.69 Å². The van der Waals surface area contributed by atoms with Crippen LogP contribution in [0.5, 0.6) is 0 Å². The highest BCUT2D eigenvalue weighted by atomic mass is 19.1. The molecule has 2 aromatic rings. The highest BCUT2D eigenvalue weighted by Gasteiger charge is 2.06. The first-order chi connectivity index (χ1) is 7.81. The molecule has 0 amide bonds. The molecule has 0 fully saturated rings. The number of nitriles is 1. The summed E-state index contributed by atoms with van der Waals surface area (Å²) in [6, 6.07) is 6.84. The quantitative estimate of drug-likeness (QED) is 0.769. The van der Waals surface area contributed by atoms with Gasteiger partial charge in [0.2, 0.25) is 0 Å². The summed E-state index contributed by atoms with van der Waals surface area (Å²) in [5, 5.41) is 8.46. The molecule has 2 heterocycles. The fourth-order valence-corrected chi connectivity index (χ4v) is 1.36. The molecule has 0 N–H and O–H groups in total. The van der Waals surface area contributed by atoms with Crippen LogP contribution in [0, 0.1) is 17.1 Å². The Morgan fingerprint density at radius 2 is 2.19 bits per heavy atom. The van der Waals surface area contributed by atoms with E-state index in [-0.39, 0.29) is 12.1 Å². The van der Waals surface area contributed by atoms with E-state index in [0.29, 0.717) is 5.56 Å². The van der Waals surface area contributed by atoms with E-state index in [2.05, 4.69) is 9.97 Å². The van der Waals surface area contributed by atoms with Crippen LogP contribution in [0.2, 0.25) is 0 Å². The van der Waals surface area contributed by atoms with Crippen molar-refractivity contribution in [1.29, 1.82) is 5.26 Å². The van der Waals surface area contributed by atoms with E-state index in [0.717, 1.165) is 5.56 Å². The van der Waals surface area contributed by atoms with Gasteiger partial charge < -0.3 is 0 Å². The van der Waals surface area contributed by atoms with Gasteiger partial charge in [0.1, 0.15) is 5.82 Å². The molecule has 0 bridgehead atoms. The molecular formula is C12H8FN3. The smallest absolute Gasteiger partial charge is 0.146 e. The number of aromatic nitrogens is 2. The fraction of sp³-hybridized carbons (Fsp3) is 0.0833. The Morgan fingerprint density at radius 1 is 1.31 bits per heavy atom. The van der Waals surface area contributed by atoms with Gasteiger partial charge in [-0.3, -0.25) is 9.97 Å². The number of hydrogen-bond acceptors (Lipinski definition) is 3. The third kappa shape index (κ3) is 2.04. The third-order valence-electron chi connectivity index (χ3n) is 2.16. The lowest BCUT2D eigenvalue weighted by atomic mass is 10.1. The Bertz CT molecular complexity index is 532. The van der Waals surface area contributed by atoms with E-state index in [1.54, 1.807) is 24.7 Å². The van der Waals surface area contributed by atoms with Gasteiger partial charge >= 0.3 is 0 Å². The van der Waals surface area contributed by atoms with Gasteiger partial charge in [-0.15, -0.1) is 0 Å². The summed E-state index contributed by atoms with van der Waals surface area (Å²) >= 11 is 0. The molecule has 0 aliphatic rings. The van der Waals surface area contributed by atoms with Crippen LogP contribution < -0.4 is 0 Å². The summed E-state index contributed by atoms with van der Waals surface area (Å²) in [6.07, 6.45) is 4.82. The van der Waals surface area contributed by atoms with Crippen molar-refractivity contribution in [2.24, 2.45) is 0 Å². The van der Waals surface area contributed by atoms with Crippen molar-refractivity contribution in [3.8, 4) is 17.2 Å². The Hall–Kier alpha value is -2.28. The van der Waals surface area contributed by atoms with Crippen molar-refractivity contribution < 1.29 is 4.39 Å². The number of pyridine rings is 2. The van der Waals surface area contributed by atoms with E-state index in [9.17, 15) is 4.39 Å². The van der Waals surface area contributed by atoms with Gasteiger partial charge in [0.15, 0.2) is 0 Å². The topological polar surface area (TPSA) is 49.6 Å². The zero-order chi connectivity index (χ0) is 11.4. The van der Waals surface area contributed by atoms with Gasteiger partial charge in [-0.1, -0.05) is 6.07 Å². The van der Waals surface area contributed by atoms with E-state index in [1.807, 2.05) is 12.1 Å². The lowest BCUT2D eigenvalue weighted by molar-refractivity contribution is 0.606. The van der Waals surface area contributed by atoms with Gasteiger partial charge in [-0.2, -0.15) is 5.26 Å². The lowest BCUT2D eigenvalue weighted by Gasteiger charge is -2.02. The maximum absolute atomic E-state index is 13.5. The molecule has 0 saturated carbocycles. The molecule has 2 aromatic heterocycles. The second-order valence-corrected chi connectivity index (χ2v) is 3.23. The molecule has 3 nitrogen and oxygen atoms in total. The zero-order valence-electron chi connectivity index (χ0n) is 8.39. The minimum Gasteiger partial charge on any atom is -0.264 e. The molecule has 2 rings (SSSR count). The van der Waals surface area contributed by atoms with E-state index in [1.165, 1.54) is 6.07 Å². The first-order valence-corrected chi connectivity index (χ1v) is 4.73. The van der Waals surface area contributed by atoms with Crippen LogP contribution in [0.15, 0.2) is 36.8 Å². The minimum absolute atomic E-state index is 0.0147. The summed E-state index contributed by atoms with van der Waals surface area (Å²) in [7, 11) is 0. The number of hydrogen-bond donors (Lipinski definition) is 0. The lowest BCUT2D eigenvalue weighted by Crippen LogP contribution is -1.94. The Labute approximate surface area is 92.2 Å². The van der Waals surface area contributed by atoms with Crippen molar-refractivity contribution in [2.75, 3.05) is 0 Å². The summed E-state index contributed by atoms with van der Waals surface area (Å²) in [4.78, 5) is 7.87. The van der Waals surface area contributed by atoms with Crippen LogP contribution in [0.3, 0.4) is 0 Å². The van der Waals surface area contributed by atoms with Crippen molar-refractivity contribution >= 4 is 0 Å². The summed E-state index contributed by atoms with van der Waals surface area (Å²) in [6.45, 7) is 0. The first-order valence-electron chi connectivity index (χ1n) is 4.73. The fourth-order valence-electron chi connectivity index (χ4n) is 1.36. The molecule has 0 saturated heterocycles. The number of rotatable bonds is 2. The number of nitrogens with zero attached hydrogens (tertiary/aromatic N) is 3. The predicted octanol–water partition coefficient (Wildman–Crippen LogP) is 2.35. The minimum atomic E-state index is -0.456. The molecule has 0 radical (unpaired) electrons. The van der Waals surface area contributed by atoms with Gasteiger partial charge in [-0.25, -0.2) is 4.39 Å². The highest BCUT2D eigenvalue weighted by molar-refractivity contribution is 5.61. The predicted molar refractivity (Wildman–Crippen MR) is 56.7 cm³/mol. The van der Waals surface area contributed by atoms with E-state index >= 15 is 0 Å². The molecule has 0 aliphatic carbocycles. The van der Waals surface area contributed by atoms with Crippen LogP contribution in [-0.2, 0) is 6.42 Å². The first kappa shape index (κ1) is 10.2. The largest absolute Gasteiger partial charge is 0.264 e. The van der Waals surface area contributed by atoms with Crippen molar-refractivity contribution in [2.45, 2.75) is 6.42 Å². The Balaban J connectivity index is 2.39. The average Bonchev–Trinajstić information content (AvgIpc) is 2.33. The molecule has 0 aliphatic heterocycles. The van der Waals surface area contributed by atoms with Gasteiger partial charge in [0.25, 0.3) is 0 Å². The van der Waals surface area contributed by atoms with E-state index in [4.69, 9.17) is 5.26 Å². The normalized spacial score (nSPS) is 9.75. The van der Waals surface area contributed by atoms with Gasteiger partial charge in [-0.05, 0) is 12.1 Å². The summed E-state index contributed by atoms with van der Waals surface area (Å²) < 4.78 is 13.5. The Morgan fingerprint density at radius 3 is 2.81 bits per heavy atom. The summed E-state index contributed by atoms with van der Waals surface area (Å²) in [5.41, 5.74) is 1.64. The van der Waals surface area contributed by atoms with Crippen molar-refractivity contribution in [3.05, 3.63) is 48.3 Å². The molecule has 4 heteroatoms. The zero-order valence-corrected chi connectivity index (χ0v) is 8.39. The monoisotopic (exact) mass is 213 g/mol. The van der Waals surface area contributed by atoms with Gasteiger partial charge in [0.05, 0.1) is 18.2 Å². The number of halogens is 1.